The van der Waals surface area contributed by atoms with E-state index in [1.807, 2.05) is 0 Å². The zero-order chi connectivity index (χ0) is 20.9. The van der Waals surface area contributed by atoms with Crippen LogP contribution in [0.3, 0.4) is 0 Å². The molecule has 1 atom stereocenters. The van der Waals surface area contributed by atoms with Gasteiger partial charge in [-0.05, 0) is 29.8 Å². The summed E-state index contributed by atoms with van der Waals surface area (Å²) in [5.74, 6) is -0.405. The third-order valence-corrected chi connectivity index (χ3v) is 4.94. The highest BCUT2D eigenvalue weighted by Crippen LogP contribution is 2.20. The van der Waals surface area contributed by atoms with Gasteiger partial charge in [-0.2, -0.15) is 0 Å². The number of amides is 1. The maximum Gasteiger partial charge on any atom is 0.271 e. The van der Waals surface area contributed by atoms with Crippen molar-refractivity contribution in [1.29, 1.82) is 0 Å². The lowest BCUT2D eigenvalue weighted by atomic mass is 10.0. The number of rotatable bonds is 6. The van der Waals surface area contributed by atoms with E-state index in [-0.39, 0.29) is 23.7 Å². The minimum atomic E-state index is -0.536. The van der Waals surface area contributed by atoms with Crippen LogP contribution in [0.15, 0.2) is 70.4 Å². The Morgan fingerprint density at radius 2 is 2.00 bits per heavy atom. The van der Waals surface area contributed by atoms with Crippen LogP contribution in [-0.4, -0.2) is 25.8 Å². The molecule has 0 saturated carbocycles. The molecule has 150 valence electrons. The number of aromatic nitrogens is 4. The van der Waals surface area contributed by atoms with Crippen LogP contribution in [0.1, 0.15) is 27.8 Å². The van der Waals surface area contributed by atoms with Crippen molar-refractivity contribution in [3.05, 3.63) is 98.7 Å². The molecule has 3 heterocycles. The number of aromatic amines is 1. The lowest BCUT2D eigenvalue weighted by Crippen LogP contribution is -2.30. The number of nitrogens with one attached hydrogen (secondary N) is 2. The van der Waals surface area contributed by atoms with Crippen LogP contribution in [0, 0.1) is 5.82 Å². The fraction of sp³-hybridized carbons (Fsp3) is 0.0952. The molecule has 1 aromatic carbocycles. The van der Waals surface area contributed by atoms with Gasteiger partial charge in [-0.25, -0.2) is 14.4 Å². The molecule has 0 aliphatic heterocycles. The van der Waals surface area contributed by atoms with Crippen molar-refractivity contribution < 1.29 is 9.18 Å². The molecule has 0 radical (unpaired) electrons. The molecule has 4 aromatic rings. The molecule has 0 spiro atoms. The first-order valence-electron chi connectivity index (χ1n) is 9.04. The van der Waals surface area contributed by atoms with E-state index in [9.17, 15) is 14.0 Å². The first-order valence-corrected chi connectivity index (χ1v) is 9.99. The van der Waals surface area contributed by atoms with E-state index in [4.69, 9.17) is 0 Å². The molecule has 0 aliphatic carbocycles. The highest BCUT2D eigenvalue weighted by atomic mass is 32.1. The van der Waals surface area contributed by atoms with Gasteiger partial charge in [0.25, 0.3) is 11.5 Å². The van der Waals surface area contributed by atoms with Gasteiger partial charge >= 0.3 is 0 Å². The lowest BCUT2D eigenvalue weighted by Gasteiger charge is -2.19. The van der Waals surface area contributed by atoms with Crippen LogP contribution in [0.2, 0.25) is 0 Å². The molecule has 0 fully saturated rings. The Bertz CT molecular complexity index is 1190. The van der Waals surface area contributed by atoms with Gasteiger partial charge in [-0.15, -0.1) is 11.3 Å². The molecule has 4 rings (SSSR count). The van der Waals surface area contributed by atoms with Crippen LogP contribution >= 0.6 is 11.3 Å². The Kier molecular flexibility index (Phi) is 5.71. The number of nitrogens with zero attached hydrogens (tertiary/aromatic N) is 3. The average Bonchev–Trinajstić information content (AvgIpc) is 3.29. The second-order valence-corrected chi connectivity index (χ2v) is 7.17. The lowest BCUT2D eigenvalue weighted by molar-refractivity contribution is 0.0932. The molecule has 2 N–H and O–H groups in total. The molecule has 9 heteroatoms. The molecule has 1 amide bonds. The van der Waals surface area contributed by atoms with E-state index in [0.29, 0.717) is 28.5 Å². The van der Waals surface area contributed by atoms with Crippen molar-refractivity contribution in [3.63, 3.8) is 0 Å². The van der Waals surface area contributed by atoms with E-state index in [1.54, 1.807) is 47.4 Å². The maximum absolute atomic E-state index is 13.4. The molecule has 0 unspecified atom stereocenters. The van der Waals surface area contributed by atoms with E-state index in [2.05, 4.69) is 25.3 Å². The number of hydrogen-bond acceptors (Lipinski definition) is 6. The molecule has 30 heavy (non-hydrogen) atoms. The first-order chi connectivity index (χ1) is 14.6. The second kappa shape index (κ2) is 8.75. The Balaban J connectivity index is 1.66. The fourth-order valence-electron chi connectivity index (χ4n) is 2.95. The smallest absolute Gasteiger partial charge is 0.271 e. The van der Waals surface area contributed by atoms with Crippen molar-refractivity contribution in [1.82, 2.24) is 25.3 Å². The highest BCUT2D eigenvalue weighted by molar-refractivity contribution is 7.07. The SMILES string of the molecule is O=C(N[C@@H](Cc1cc(=O)[nH]c(-c2ccccn2)n1)c1ccc(F)cc1)c1cscn1. The number of benzene rings is 1. The number of H-pyrrole nitrogens is 1. The van der Waals surface area contributed by atoms with Gasteiger partial charge < -0.3 is 10.3 Å². The van der Waals surface area contributed by atoms with Crippen LogP contribution < -0.4 is 10.9 Å². The largest absolute Gasteiger partial charge is 0.343 e. The van der Waals surface area contributed by atoms with Crippen molar-refractivity contribution in [2.24, 2.45) is 0 Å². The summed E-state index contributed by atoms with van der Waals surface area (Å²) in [5.41, 5.74) is 3.21. The third kappa shape index (κ3) is 4.64. The number of hydrogen-bond donors (Lipinski definition) is 2. The quantitative estimate of drug-likeness (QED) is 0.498. The fourth-order valence-corrected chi connectivity index (χ4v) is 3.48. The molecule has 0 aliphatic rings. The summed E-state index contributed by atoms with van der Waals surface area (Å²) in [6, 6.07) is 12.0. The summed E-state index contributed by atoms with van der Waals surface area (Å²) in [4.78, 5) is 40.2. The Hall–Kier alpha value is -3.72. The standard InChI is InChI=1S/C21H16FN5O2S/c22-14-6-4-13(5-7-14)17(26-21(29)18-11-30-12-24-18)9-15-10-19(28)27-20(25-15)16-3-1-2-8-23-16/h1-8,10-12,17H,9H2,(H,26,29)(H,25,27,28)/t17-/m0/s1. The summed E-state index contributed by atoms with van der Waals surface area (Å²) in [6.45, 7) is 0. The number of carbonyl (C=O) groups is 1. The normalized spacial score (nSPS) is 11.8. The number of thiazole rings is 1. The molecular weight excluding hydrogens is 405 g/mol. The summed E-state index contributed by atoms with van der Waals surface area (Å²) >= 11 is 1.31. The summed E-state index contributed by atoms with van der Waals surface area (Å²) in [7, 11) is 0. The summed E-state index contributed by atoms with van der Waals surface area (Å²) < 4.78 is 13.4. The van der Waals surface area contributed by atoms with Crippen molar-refractivity contribution in [2.75, 3.05) is 0 Å². The van der Waals surface area contributed by atoms with Crippen LogP contribution in [0.25, 0.3) is 11.5 Å². The van der Waals surface area contributed by atoms with Crippen LogP contribution in [0.4, 0.5) is 4.39 Å². The molecule has 7 nitrogen and oxygen atoms in total. The zero-order valence-corrected chi connectivity index (χ0v) is 16.4. The highest BCUT2D eigenvalue weighted by Gasteiger charge is 2.19. The number of halogens is 1. The van der Waals surface area contributed by atoms with Gasteiger partial charge in [0.05, 0.1) is 17.2 Å². The van der Waals surface area contributed by atoms with Crippen LogP contribution in [-0.2, 0) is 6.42 Å². The minimum Gasteiger partial charge on any atom is -0.343 e. The van der Waals surface area contributed by atoms with E-state index >= 15 is 0 Å². The third-order valence-electron chi connectivity index (χ3n) is 4.36. The summed E-state index contributed by atoms with van der Waals surface area (Å²) in [5, 5.41) is 4.54. The van der Waals surface area contributed by atoms with E-state index < -0.39 is 6.04 Å². The maximum atomic E-state index is 13.4. The monoisotopic (exact) mass is 421 g/mol. The Morgan fingerprint density at radius 3 is 2.70 bits per heavy atom. The van der Waals surface area contributed by atoms with Gasteiger partial charge in [0.15, 0.2) is 5.82 Å². The number of carbonyl (C=O) groups excluding carboxylic acids is 1. The number of pyridine rings is 1. The zero-order valence-electron chi connectivity index (χ0n) is 15.6. The second-order valence-electron chi connectivity index (χ2n) is 6.46. The molecule has 0 bridgehead atoms. The van der Waals surface area contributed by atoms with Gasteiger partial charge in [0.2, 0.25) is 0 Å². The molecular formula is C21H16FN5O2S. The molecule has 0 saturated heterocycles. The topological polar surface area (TPSA) is 101 Å². The molecule has 3 aromatic heterocycles. The van der Waals surface area contributed by atoms with E-state index in [1.165, 1.54) is 29.5 Å². The van der Waals surface area contributed by atoms with Gasteiger partial charge in [-0.1, -0.05) is 18.2 Å². The van der Waals surface area contributed by atoms with Gasteiger partial charge in [0.1, 0.15) is 17.2 Å². The van der Waals surface area contributed by atoms with Gasteiger partial charge in [-0.3, -0.25) is 14.6 Å². The Morgan fingerprint density at radius 1 is 1.17 bits per heavy atom. The first kappa shape index (κ1) is 19.6. The predicted molar refractivity (Wildman–Crippen MR) is 111 cm³/mol. The predicted octanol–water partition coefficient (Wildman–Crippen LogP) is 3.14. The average molecular weight is 421 g/mol. The van der Waals surface area contributed by atoms with Crippen molar-refractivity contribution in [2.45, 2.75) is 12.5 Å². The van der Waals surface area contributed by atoms with Crippen molar-refractivity contribution >= 4 is 17.2 Å². The van der Waals surface area contributed by atoms with Crippen molar-refractivity contribution in [3.8, 4) is 11.5 Å². The Labute approximate surface area is 174 Å². The summed E-state index contributed by atoms with van der Waals surface area (Å²) in [6.07, 6.45) is 1.84. The van der Waals surface area contributed by atoms with Crippen LogP contribution in [0.5, 0.6) is 0 Å². The minimum absolute atomic E-state index is 0.227. The van der Waals surface area contributed by atoms with Gasteiger partial charge in [0, 0.05) is 24.1 Å². The van der Waals surface area contributed by atoms with E-state index in [0.717, 1.165) is 0 Å².